The van der Waals surface area contributed by atoms with Crippen LogP contribution < -0.4 is 5.32 Å². The second-order valence-electron chi connectivity index (χ2n) is 5.71. The third-order valence-electron chi connectivity index (χ3n) is 3.02. The van der Waals surface area contributed by atoms with Gasteiger partial charge >= 0.3 is 0 Å². The molecule has 0 unspecified atom stereocenters. The van der Waals surface area contributed by atoms with Gasteiger partial charge in [0.15, 0.2) is 0 Å². The van der Waals surface area contributed by atoms with Crippen molar-refractivity contribution in [3.8, 4) is 0 Å². The molecule has 1 atom stereocenters. The summed E-state index contributed by atoms with van der Waals surface area (Å²) in [5.41, 5.74) is 2.15. The van der Waals surface area contributed by atoms with Crippen LogP contribution in [0.15, 0.2) is 30.7 Å². The Labute approximate surface area is 114 Å². The van der Waals surface area contributed by atoms with Gasteiger partial charge in [-0.3, -0.25) is 4.98 Å². The molecule has 2 aromatic rings. The van der Waals surface area contributed by atoms with Gasteiger partial charge in [-0.25, -0.2) is 4.68 Å². The predicted octanol–water partition coefficient (Wildman–Crippen LogP) is 2.28. The molecule has 0 saturated carbocycles. The Morgan fingerprint density at radius 2 is 1.95 bits per heavy atom. The second-order valence-corrected chi connectivity index (χ2v) is 5.71. The van der Waals surface area contributed by atoms with Crippen LogP contribution in [0.3, 0.4) is 0 Å². The van der Waals surface area contributed by atoms with E-state index in [1.54, 1.807) is 0 Å². The zero-order valence-corrected chi connectivity index (χ0v) is 12.0. The lowest BCUT2D eigenvalue weighted by atomic mass is 10.1. The molecule has 2 rings (SSSR count). The average molecular weight is 259 g/mol. The fourth-order valence-electron chi connectivity index (χ4n) is 1.73. The van der Waals surface area contributed by atoms with Crippen LogP contribution in [0.4, 0.5) is 0 Å². The van der Waals surface area contributed by atoms with E-state index in [9.17, 15) is 0 Å². The largest absolute Gasteiger partial charge is 0.304 e. The third-order valence-corrected chi connectivity index (χ3v) is 3.02. The number of pyridine rings is 1. The highest BCUT2D eigenvalue weighted by molar-refractivity contribution is 5.14. The number of aromatic nitrogens is 4. The Hall–Kier alpha value is -1.75. The van der Waals surface area contributed by atoms with E-state index in [0.29, 0.717) is 6.54 Å². The van der Waals surface area contributed by atoms with Crippen LogP contribution in [0.5, 0.6) is 0 Å². The molecule has 0 spiro atoms. The lowest BCUT2D eigenvalue weighted by Gasteiger charge is -2.17. The van der Waals surface area contributed by atoms with Crippen molar-refractivity contribution in [2.24, 2.45) is 0 Å². The molecule has 2 heterocycles. The van der Waals surface area contributed by atoms with E-state index in [2.05, 4.69) is 48.3 Å². The SMILES string of the molecule is C[C@H](NCc1cn(C(C)(C)C)nn1)c1ccncc1. The lowest BCUT2D eigenvalue weighted by Crippen LogP contribution is -2.22. The second kappa shape index (κ2) is 5.48. The van der Waals surface area contributed by atoms with Gasteiger partial charge in [-0.15, -0.1) is 5.10 Å². The summed E-state index contributed by atoms with van der Waals surface area (Å²) in [5.74, 6) is 0. The van der Waals surface area contributed by atoms with E-state index < -0.39 is 0 Å². The lowest BCUT2D eigenvalue weighted by molar-refractivity contribution is 0.347. The van der Waals surface area contributed by atoms with E-state index in [1.165, 1.54) is 5.56 Å². The first-order valence-corrected chi connectivity index (χ1v) is 6.52. The van der Waals surface area contributed by atoms with Gasteiger partial charge in [0.25, 0.3) is 0 Å². The van der Waals surface area contributed by atoms with Crippen LogP contribution in [-0.2, 0) is 12.1 Å². The predicted molar refractivity (Wildman–Crippen MR) is 74.5 cm³/mol. The van der Waals surface area contributed by atoms with Crippen molar-refractivity contribution in [2.45, 2.75) is 45.8 Å². The van der Waals surface area contributed by atoms with Crippen molar-refractivity contribution in [3.63, 3.8) is 0 Å². The smallest absolute Gasteiger partial charge is 0.0965 e. The molecule has 0 aliphatic heterocycles. The highest BCUT2D eigenvalue weighted by atomic mass is 15.4. The molecule has 1 N–H and O–H groups in total. The van der Waals surface area contributed by atoms with E-state index in [0.717, 1.165) is 5.69 Å². The Morgan fingerprint density at radius 3 is 2.53 bits per heavy atom. The molecule has 19 heavy (non-hydrogen) atoms. The Balaban J connectivity index is 1.94. The average Bonchev–Trinajstić information content (AvgIpc) is 2.86. The molecular weight excluding hydrogens is 238 g/mol. The molecule has 0 aromatic carbocycles. The maximum absolute atomic E-state index is 4.19. The van der Waals surface area contributed by atoms with Gasteiger partial charge in [-0.1, -0.05) is 5.21 Å². The van der Waals surface area contributed by atoms with E-state index >= 15 is 0 Å². The zero-order valence-electron chi connectivity index (χ0n) is 12.0. The highest BCUT2D eigenvalue weighted by Crippen LogP contribution is 2.13. The van der Waals surface area contributed by atoms with Crippen LogP contribution in [0, 0.1) is 0 Å². The van der Waals surface area contributed by atoms with Crippen LogP contribution in [0.25, 0.3) is 0 Å². The summed E-state index contributed by atoms with van der Waals surface area (Å²) in [7, 11) is 0. The van der Waals surface area contributed by atoms with Crippen molar-refractivity contribution >= 4 is 0 Å². The van der Waals surface area contributed by atoms with Gasteiger partial charge in [0, 0.05) is 25.0 Å². The minimum atomic E-state index is -0.0258. The molecule has 0 bridgehead atoms. The summed E-state index contributed by atoms with van der Waals surface area (Å²) < 4.78 is 1.89. The standard InChI is InChI=1S/C14H21N5/c1-11(12-5-7-15-8-6-12)16-9-13-10-19(18-17-13)14(2,3)4/h5-8,10-11,16H,9H2,1-4H3/t11-/m0/s1. The maximum Gasteiger partial charge on any atom is 0.0965 e. The number of nitrogens with one attached hydrogen (secondary N) is 1. The van der Waals surface area contributed by atoms with Crippen LogP contribution in [0.1, 0.15) is 45.0 Å². The number of hydrogen-bond donors (Lipinski definition) is 1. The normalized spacial score (nSPS) is 13.5. The molecule has 0 aliphatic carbocycles. The molecule has 102 valence electrons. The molecule has 5 heteroatoms. The minimum absolute atomic E-state index is 0.0258. The Kier molecular flexibility index (Phi) is 3.95. The van der Waals surface area contributed by atoms with Crippen molar-refractivity contribution in [3.05, 3.63) is 42.0 Å². The van der Waals surface area contributed by atoms with Gasteiger partial charge in [0.1, 0.15) is 0 Å². The summed E-state index contributed by atoms with van der Waals surface area (Å²) in [6.45, 7) is 9.17. The first-order valence-electron chi connectivity index (χ1n) is 6.52. The van der Waals surface area contributed by atoms with Crippen LogP contribution in [-0.4, -0.2) is 20.0 Å². The first kappa shape index (κ1) is 13.7. The Bertz CT molecular complexity index is 512. The van der Waals surface area contributed by atoms with Gasteiger partial charge in [-0.05, 0) is 45.4 Å². The maximum atomic E-state index is 4.19. The molecule has 0 amide bonds. The summed E-state index contributed by atoms with van der Waals surface area (Å²) in [6.07, 6.45) is 5.61. The van der Waals surface area contributed by atoms with Crippen LogP contribution in [0.2, 0.25) is 0 Å². The molecule has 0 aliphatic rings. The van der Waals surface area contributed by atoms with Crippen molar-refractivity contribution in [1.82, 2.24) is 25.3 Å². The first-order chi connectivity index (χ1) is 8.97. The zero-order chi connectivity index (χ0) is 13.9. The summed E-state index contributed by atoms with van der Waals surface area (Å²) in [4.78, 5) is 4.02. The van der Waals surface area contributed by atoms with Crippen LogP contribution >= 0.6 is 0 Å². The molecule has 0 saturated heterocycles. The fourth-order valence-corrected chi connectivity index (χ4v) is 1.73. The van der Waals surface area contributed by atoms with Crippen molar-refractivity contribution < 1.29 is 0 Å². The molecule has 0 fully saturated rings. The van der Waals surface area contributed by atoms with E-state index in [4.69, 9.17) is 0 Å². The number of nitrogens with zero attached hydrogens (tertiary/aromatic N) is 4. The monoisotopic (exact) mass is 259 g/mol. The molecule has 5 nitrogen and oxygen atoms in total. The number of rotatable bonds is 4. The minimum Gasteiger partial charge on any atom is -0.304 e. The molecular formula is C14H21N5. The number of hydrogen-bond acceptors (Lipinski definition) is 4. The van der Waals surface area contributed by atoms with Gasteiger partial charge in [0.2, 0.25) is 0 Å². The van der Waals surface area contributed by atoms with E-state index in [1.807, 2.05) is 35.4 Å². The van der Waals surface area contributed by atoms with Gasteiger partial charge in [-0.2, -0.15) is 0 Å². The topological polar surface area (TPSA) is 55.6 Å². The van der Waals surface area contributed by atoms with Gasteiger partial charge in [0.05, 0.1) is 17.4 Å². The fraction of sp³-hybridized carbons (Fsp3) is 0.500. The van der Waals surface area contributed by atoms with E-state index in [-0.39, 0.29) is 11.6 Å². The molecule has 0 radical (unpaired) electrons. The summed E-state index contributed by atoms with van der Waals surface area (Å²) in [5, 5.41) is 11.8. The summed E-state index contributed by atoms with van der Waals surface area (Å²) >= 11 is 0. The third kappa shape index (κ3) is 3.61. The van der Waals surface area contributed by atoms with Crippen molar-refractivity contribution in [1.29, 1.82) is 0 Å². The quantitative estimate of drug-likeness (QED) is 0.915. The van der Waals surface area contributed by atoms with Crippen molar-refractivity contribution in [2.75, 3.05) is 0 Å². The summed E-state index contributed by atoms with van der Waals surface area (Å²) in [6, 6.07) is 4.30. The highest BCUT2D eigenvalue weighted by Gasteiger charge is 2.15. The Morgan fingerprint density at radius 1 is 1.26 bits per heavy atom. The van der Waals surface area contributed by atoms with Gasteiger partial charge < -0.3 is 5.32 Å². The molecule has 2 aromatic heterocycles.